The smallest absolute Gasteiger partial charge is 0.148 e. The summed E-state index contributed by atoms with van der Waals surface area (Å²) in [5.74, 6) is 2.15. The van der Waals surface area contributed by atoms with Crippen LogP contribution < -0.4 is 10.1 Å². The average Bonchev–Trinajstić information content (AvgIpc) is 2.74. The minimum Gasteiger partial charge on any atom is -0.455 e. The van der Waals surface area contributed by atoms with Crippen molar-refractivity contribution < 1.29 is 4.74 Å². The molecule has 1 aromatic carbocycles. The Labute approximate surface area is 170 Å². The van der Waals surface area contributed by atoms with Crippen molar-refractivity contribution >= 4 is 17.3 Å². The van der Waals surface area contributed by atoms with Gasteiger partial charge in [-0.15, -0.1) is 5.11 Å². The molecule has 0 radical (unpaired) electrons. The molecule has 0 aliphatic heterocycles. The Morgan fingerprint density at radius 2 is 2.03 bits per heavy atom. The quantitative estimate of drug-likeness (QED) is 0.256. The molecule has 2 aromatic heterocycles. The molecule has 0 aliphatic rings. The van der Waals surface area contributed by atoms with E-state index in [1.54, 1.807) is 6.20 Å². The van der Waals surface area contributed by atoms with Crippen LogP contribution in [0.2, 0.25) is 0 Å². The molecular formula is C22H24N6O. The molecule has 0 amide bonds. The summed E-state index contributed by atoms with van der Waals surface area (Å²) in [6, 6.07) is 15.5. The van der Waals surface area contributed by atoms with E-state index >= 15 is 0 Å². The Hall–Kier alpha value is -3.61. The molecule has 3 aromatic rings. The van der Waals surface area contributed by atoms with Gasteiger partial charge in [0.15, 0.2) is 0 Å². The molecule has 7 nitrogen and oxygen atoms in total. The lowest BCUT2D eigenvalue weighted by Gasteiger charge is -2.11. The summed E-state index contributed by atoms with van der Waals surface area (Å²) in [6.45, 7) is 4.01. The molecule has 7 heteroatoms. The zero-order chi connectivity index (χ0) is 20.6. The Morgan fingerprint density at radius 1 is 1.17 bits per heavy atom. The number of ether oxygens (including phenoxy) is 1. The molecule has 2 heterocycles. The van der Waals surface area contributed by atoms with Crippen molar-refractivity contribution in [3.8, 4) is 11.5 Å². The van der Waals surface area contributed by atoms with Crippen LogP contribution in [0.3, 0.4) is 0 Å². The number of rotatable bonds is 8. The van der Waals surface area contributed by atoms with Crippen LogP contribution in [0, 0.1) is 17.9 Å². The van der Waals surface area contributed by atoms with E-state index in [0.29, 0.717) is 24.4 Å². The third-order valence-electron chi connectivity index (χ3n) is 4.40. The number of hydrogen-bond acceptors (Lipinski definition) is 6. The topological polar surface area (TPSA) is 107 Å². The highest BCUT2D eigenvalue weighted by atomic mass is 16.5. The lowest BCUT2D eigenvalue weighted by Crippen LogP contribution is -1.98. The van der Waals surface area contributed by atoms with Crippen molar-refractivity contribution in [3.63, 3.8) is 0 Å². The standard InChI is InChI=1S/C22H24N6O/c1-3-17-8-9-20(15(2)26-17)29-19-11-12-25-22(14-19)27-18-6-4-5-16(13-18)7-10-21(23)28-24/h4-6,8-9,11-14,23-24H,3,7,10H2,1-2H3,(H,25,27). The number of aryl methyl sites for hydroxylation is 3. The second kappa shape index (κ2) is 9.54. The molecule has 29 heavy (non-hydrogen) atoms. The summed E-state index contributed by atoms with van der Waals surface area (Å²) < 4.78 is 5.99. The fourth-order valence-corrected chi connectivity index (χ4v) is 2.85. The number of hydrogen-bond donors (Lipinski definition) is 3. The summed E-state index contributed by atoms with van der Waals surface area (Å²) in [6.07, 6.45) is 3.69. The molecular weight excluding hydrogens is 364 g/mol. The van der Waals surface area contributed by atoms with Crippen molar-refractivity contribution in [1.29, 1.82) is 10.9 Å². The number of nitrogens with zero attached hydrogens (tertiary/aromatic N) is 3. The van der Waals surface area contributed by atoms with Crippen LogP contribution in [0.25, 0.3) is 0 Å². The van der Waals surface area contributed by atoms with Crippen LogP contribution in [0.5, 0.6) is 11.5 Å². The summed E-state index contributed by atoms with van der Waals surface area (Å²) in [5.41, 5.74) is 10.7. The number of aromatic nitrogens is 2. The SMILES string of the molecule is CCc1ccc(Oc2ccnc(Nc3cccc(CCC(=N)N=N)c3)c2)c(C)n1. The molecule has 0 fully saturated rings. The van der Waals surface area contributed by atoms with Crippen molar-refractivity contribution in [2.45, 2.75) is 33.1 Å². The maximum Gasteiger partial charge on any atom is 0.148 e. The number of benzene rings is 1. The zero-order valence-electron chi connectivity index (χ0n) is 16.6. The molecule has 0 unspecified atom stereocenters. The van der Waals surface area contributed by atoms with Crippen LogP contribution in [0.1, 0.15) is 30.3 Å². The first kappa shape index (κ1) is 20.1. The Morgan fingerprint density at radius 3 is 2.79 bits per heavy atom. The van der Waals surface area contributed by atoms with E-state index in [2.05, 4.69) is 27.3 Å². The van der Waals surface area contributed by atoms with E-state index in [4.69, 9.17) is 15.7 Å². The Bertz CT molecular complexity index is 1020. The highest BCUT2D eigenvalue weighted by Gasteiger charge is 2.06. The fourth-order valence-electron chi connectivity index (χ4n) is 2.85. The first-order valence-corrected chi connectivity index (χ1v) is 9.48. The van der Waals surface area contributed by atoms with E-state index < -0.39 is 0 Å². The van der Waals surface area contributed by atoms with Crippen LogP contribution in [0.15, 0.2) is 59.8 Å². The maximum atomic E-state index is 7.48. The van der Waals surface area contributed by atoms with Crippen molar-refractivity contribution in [1.82, 2.24) is 9.97 Å². The lowest BCUT2D eigenvalue weighted by molar-refractivity contribution is 0.475. The van der Waals surface area contributed by atoms with Crippen molar-refractivity contribution in [2.75, 3.05) is 5.32 Å². The Kier molecular flexibility index (Phi) is 6.63. The van der Waals surface area contributed by atoms with Crippen LogP contribution in [-0.4, -0.2) is 15.8 Å². The van der Waals surface area contributed by atoms with Gasteiger partial charge >= 0.3 is 0 Å². The van der Waals surface area contributed by atoms with Gasteiger partial charge in [0.25, 0.3) is 0 Å². The van der Waals surface area contributed by atoms with E-state index in [1.807, 2.05) is 55.5 Å². The third-order valence-corrected chi connectivity index (χ3v) is 4.40. The predicted molar refractivity (Wildman–Crippen MR) is 114 cm³/mol. The van der Waals surface area contributed by atoms with Gasteiger partial charge in [-0.1, -0.05) is 19.1 Å². The second-order valence-electron chi connectivity index (χ2n) is 6.60. The average molecular weight is 388 g/mol. The summed E-state index contributed by atoms with van der Waals surface area (Å²) in [4.78, 5) is 8.90. The van der Waals surface area contributed by atoms with E-state index in [1.165, 1.54) is 0 Å². The lowest BCUT2D eigenvalue weighted by atomic mass is 10.1. The van der Waals surface area contributed by atoms with E-state index in [0.717, 1.165) is 34.8 Å². The predicted octanol–water partition coefficient (Wildman–Crippen LogP) is 5.82. The monoisotopic (exact) mass is 388 g/mol. The molecule has 0 saturated carbocycles. The zero-order valence-corrected chi connectivity index (χ0v) is 16.6. The molecule has 0 bridgehead atoms. The second-order valence-corrected chi connectivity index (χ2v) is 6.60. The highest BCUT2D eigenvalue weighted by molar-refractivity contribution is 5.79. The first-order valence-electron chi connectivity index (χ1n) is 9.48. The molecule has 0 atom stereocenters. The Balaban J connectivity index is 1.70. The minimum atomic E-state index is 0.0756. The highest BCUT2D eigenvalue weighted by Crippen LogP contribution is 2.26. The maximum absolute atomic E-state index is 7.48. The summed E-state index contributed by atoms with van der Waals surface area (Å²) in [5, 5.41) is 13.9. The number of amidine groups is 1. The van der Waals surface area contributed by atoms with Gasteiger partial charge in [0.1, 0.15) is 23.2 Å². The van der Waals surface area contributed by atoms with Crippen molar-refractivity contribution in [2.24, 2.45) is 5.11 Å². The number of nitrogens with one attached hydrogen (secondary N) is 3. The molecule has 0 saturated heterocycles. The summed E-state index contributed by atoms with van der Waals surface area (Å²) >= 11 is 0. The van der Waals surface area contributed by atoms with Gasteiger partial charge in [-0.25, -0.2) is 10.5 Å². The molecule has 3 rings (SSSR count). The van der Waals surface area contributed by atoms with Crippen LogP contribution in [0.4, 0.5) is 11.5 Å². The van der Waals surface area contributed by atoms with Gasteiger partial charge in [0.2, 0.25) is 0 Å². The van der Waals surface area contributed by atoms with E-state index in [-0.39, 0.29) is 5.84 Å². The molecule has 0 aliphatic carbocycles. The van der Waals surface area contributed by atoms with Gasteiger partial charge in [-0.3, -0.25) is 10.4 Å². The van der Waals surface area contributed by atoms with Gasteiger partial charge in [-0.2, -0.15) is 0 Å². The van der Waals surface area contributed by atoms with E-state index in [9.17, 15) is 0 Å². The fraction of sp³-hybridized carbons (Fsp3) is 0.227. The van der Waals surface area contributed by atoms with Crippen LogP contribution >= 0.6 is 0 Å². The van der Waals surface area contributed by atoms with Gasteiger partial charge in [-0.05, 0) is 55.7 Å². The van der Waals surface area contributed by atoms with Crippen LogP contribution in [-0.2, 0) is 12.8 Å². The van der Waals surface area contributed by atoms with Gasteiger partial charge in [0.05, 0.1) is 5.69 Å². The number of anilines is 2. The molecule has 0 spiro atoms. The normalized spacial score (nSPS) is 10.4. The van der Waals surface area contributed by atoms with Crippen molar-refractivity contribution in [3.05, 3.63) is 71.7 Å². The summed E-state index contributed by atoms with van der Waals surface area (Å²) in [7, 11) is 0. The molecule has 148 valence electrons. The van der Waals surface area contributed by atoms with Gasteiger partial charge in [0, 0.05) is 30.1 Å². The third kappa shape index (κ3) is 5.68. The number of pyridine rings is 2. The first-order chi connectivity index (χ1) is 14.1. The van der Waals surface area contributed by atoms with Gasteiger partial charge < -0.3 is 10.1 Å². The molecule has 3 N–H and O–H groups in total. The largest absolute Gasteiger partial charge is 0.455 e. The minimum absolute atomic E-state index is 0.0756.